The molecule has 1 aliphatic rings. The van der Waals surface area contributed by atoms with Crippen molar-refractivity contribution in [2.75, 3.05) is 13.2 Å². The Hall–Kier alpha value is -0.280. The SMILES string of the molecule is Cl.N[C@H](c1ccccc1Cl)C1CCOCC1. The first-order chi connectivity index (χ1) is 7.29. The summed E-state index contributed by atoms with van der Waals surface area (Å²) in [7, 11) is 0. The van der Waals surface area contributed by atoms with E-state index in [0.29, 0.717) is 5.92 Å². The third-order valence-corrected chi connectivity index (χ3v) is 3.38. The van der Waals surface area contributed by atoms with Gasteiger partial charge in [-0.3, -0.25) is 0 Å². The quantitative estimate of drug-likeness (QED) is 0.888. The van der Waals surface area contributed by atoms with Gasteiger partial charge in [-0.2, -0.15) is 0 Å². The minimum Gasteiger partial charge on any atom is -0.381 e. The molecule has 1 saturated heterocycles. The Morgan fingerprint density at radius 3 is 2.50 bits per heavy atom. The summed E-state index contributed by atoms with van der Waals surface area (Å²) in [4.78, 5) is 0. The second kappa shape index (κ2) is 6.45. The molecule has 0 saturated carbocycles. The van der Waals surface area contributed by atoms with Crippen LogP contribution in [0.1, 0.15) is 24.4 Å². The highest BCUT2D eigenvalue weighted by molar-refractivity contribution is 6.31. The number of rotatable bonds is 2. The van der Waals surface area contributed by atoms with Crippen LogP contribution >= 0.6 is 24.0 Å². The predicted octanol–water partition coefficient (Wildman–Crippen LogP) is 3.19. The average molecular weight is 262 g/mol. The van der Waals surface area contributed by atoms with Crippen molar-refractivity contribution < 1.29 is 4.74 Å². The van der Waals surface area contributed by atoms with Gasteiger partial charge in [-0.05, 0) is 30.4 Å². The van der Waals surface area contributed by atoms with Crippen LogP contribution in [0.25, 0.3) is 0 Å². The molecule has 0 bridgehead atoms. The Labute approximate surface area is 108 Å². The van der Waals surface area contributed by atoms with E-state index in [2.05, 4.69) is 0 Å². The van der Waals surface area contributed by atoms with E-state index in [-0.39, 0.29) is 18.4 Å². The number of ether oxygens (including phenoxy) is 1. The fourth-order valence-corrected chi connectivity index (χ4v) is 2.34. The van der Waals surface area contributed by atoms with Crippen molar-refractivity contribution in [2.24, 2.45) is 11.7 Å². The molecule has 0 aromatic heterocycles. The molecule has 16 heavy (non-hydrogen) atoms. The third-order valence-electron chi connectivity index (χ3n) is 3.04. The molecule has 0 unspecified atom stereocenters. The smallest absolute Gasteiger partial charge is 0.0469 e. The van der Waals surface area contributed by atoms with E-state index in [0.717, 1.165) is 36.6 Å². The van der Waals surface area contributed by atoms with Gasteiger partial charge in [0.05, 0.1) is 0 Å². The van der Waals surface area contributed by atoms with Crippen LogP contribution in [0.4, 0.5) is 0 Å². The predicted molar refractivity (Wildman–Crippen MR) is 69.2 cm³/mol. The van der Waals surface area contributed by atoms with E-state index < -0.39 is 0 Å². The Morgan fingerprint density at radius 2 is 1.88 bits per heavy atom. The minimum absolute atomic E-state index is 0. The van der Waals surface area contributed by atoms with Crippen LogP contribution in [0.3, 0.4) is 0 Å². The minimum atomic E-state index is 0. The van der Waals surface area contributed by atoms with E-state index in [1.807, 2.05) is 24.3 Å². The Balaban J connectivity index is 0.00000128. The van der Waals surface area contributed by atoms with Crippen molar-refractivity contribution in [3.05, 3.63) is 34.9 Å². The molecule has 1 heterocycles. The summed E-state index contributed by atoms with van der Waals surface area (Å²) in [6, 6.07) is 7.88. The molecule has 1 aliphatic heterocycles. The van der Waals surface area contributed by atoms with Crippen molar-refractivity contribution in [2.45, 2.75) is 18.9 Å². The van der Waals surface area contributed by atoms with Crippen molar-refractivity contribution in [3.8, 4) is 0 Å². The van der Waals surface area contributed by atoms with Crippen LogP contribution < -0.4 is 5.73 Å². The molecule has 0 amide bonds. The highest BCUT2D eigenvalue weighted by atomic mass is 35.5. The zero-order valence-corrected chi connectivity index (χ0v) is 10.6. The van der Waals surface area contributed by atoms with Gasteiger partial charge in [-0.25, -0.2) is 0 Å². The molecule has 90 valence electrons. The van der Waals surface area contributed by atoms with Gasteiger partial charge in [0.25, 0.3) is 0 Å². The lowest BCUT2D eigenvalue weighted by Crippen LogP contribution is -2.27. The number of halogens is 2. The Morgan fingerprint density at radius 1 is 1.25 bits per heavy atom. The maximum absolute atomic E-state index is 6.23. The number of hydrogen-bond donors (Lipinski definition) is 1. The van der Waals surface area contributed by atoms with Crippen LogP contribution in [0.5, 0.6) is 0 Å². The van der Waals surface area contributed by atoms with Crippen molar-refractivity contribution in [1.82, 2.24) is 0 Å². The molecular weight excluding hydrogens is 245 g/mol. The van der Waals surface area contributed by atoms with Gasteiger partial charge in [0.15, 0.2) is 0 Å². The second-order valence-electron chi connectivity index (χ2n) is 4.00. The molecule has 2 rings (SSSR count). The molecule has 2 N–H and O–H groups in total. The van der Waals surface area contributed by atoms with Gasteiger partial charge < -0.3 is 10.5 Å². The molecule has 0 radical (unpaired) electrons. The zero-order valence-electron chi connectivity index (χ0n) is 9.06. The molecular formula is C12H17Cl2NO. The van der Waals surface area contributed by atoms with Gasteiger partial charge in [0.2, 0.25) is 0 Å². The molecule has 1 aromatic rings. The summed E-state index contributed by atoms with van der Waals surface area (Å²) in [6.07, 6.45) is 2.07. The zero-order chi connectivity index (χ0) is 10.7. The molecule has 2 nitrogen and oxygen atoms in total. The van der Waals surface area contributed by atoms with Crippen molar-refractivity contribution in [1.29, 1.82) is 0 Å². The van der Waals surface area contributed by atoms with Gasteiger partial charge >= 0.3 is 0 Å². The van der Waals surface area contributed by atoms with Gasteiger partial charge in [-0.1, -0.05) is 29.8 Å². The topological polar surface area (TPSA) is 35.2 Å². The van der Waals surface area contributed by atoms with Crippen LogP contribution in [0.15, 0.2) is 24.3 Å². The number of benzene rings is 1. The maximum Gasteiger partial charge on any atom is 0.0469 e. The van der Waals surface area contributed by atoms with Crippen LogP contribution in [-0.4, -0.2) is 13.2 Å². The van der Waals surface area contributed by atoms with Gasteiger partial charge in [0.1, 0.15) is 0 Å². The summed E-state index contributed by atoms with van der Waals surface area (Å²) in [5.41, 5.74) is 7.29. The average Bonchev–Trinajstić information content (AvgIpc) is 2.30. The summed E-state index contributed by atoms with van der Waals surface area (Å²) >= 11 is 6.13. The van der Waals surface area contributed by atoms with E-state index >= 15 is 0 Å². The Kier molecular flexibility index (Phi) is 5.56. The lowest BCUT2D eigenvalue weighted by Gasteiger charge is -2.28. The fourth-order valence-electron chi connectivity index (χ4n) is 2.07. The van der Waals surface area contributed by atoms with E-state index in [1.165, 1.54) is 0 Å². The maximum atomic E-state index is 6.23. The first-order valence-electron chi connectivity index (χ1n) is 5.37. The molecule has 0 aliphatic carbocycles. The standard InChI is InChI=1S/C12H16ClNO.ClH/c13-11-4-2-1-3-10(11)12(14)9-5-7-15-8-6-9;/h1-4,9,12H,5-8,14H2;1H/t12-;/m0./s1. The molecule has 1 aromatic carbocycles. The first-order valence-corrected chi connectivity index (χ1v) is 5.74. The highest BCUT2D eigenvalue weighted by Gasteiger charge is 2.23. The van der Waals surface area contributed by atoms with E-state index in [1.54, 1.807) is 0 Å². The van der Waals surface area contributed by atoms with Gasteiger partial charge in [-0.15, -0.1) is 12.4 Å². The third kappa shape index (κ3) is 3.11. The summed E-state index contributed by atoms with van der Waals surface area (Å²) in [6.45, 7) is 1.64. The summed E-state index contributed by atoms with van der Waals surface area (Å²) in [5.74, 6) is 0.499. The van der Waals surface area contributed by atoms with E-state index in [9.17, 15) is 0 Å². The molecule has 1 atom stereocenters. The number of nitrogens with two attached hydrogens (primary N) is 1. The largest absolute Gasteiger partial charge is 0.381 e. The number of hydrogen-bond acceptors (Lipinski definition) is 2. The summed E-state index contributed by atoms with van der Waals surface area (Å²) < 4.78 is 5.33. The van der Waals surface area contributed by atoms with Crippen LogP contribution in [0.2, 0.25) is 5.02 Å². The Bertz CT molecular complexity index is 327. The summed E-state index contributed by atoms with van der Waals surface area (Å²) in [5, 5.41) is 0.775. The van der Waals surface area contributed by atoms with Gasteiger partial charge in [0, 0.05) is 24.3 Å². The lowest BCUT2D eigenvalue weighted by molar-refractivity contribution is 0.0584. The van der Waals surface area contributed by atoms with Crippen molar-refractivity contribution >= 4 is 24.0 Å². The molecule has 4 heteroatoms. The van der Waals surface area contributed by atoms with Crippen molar-refractivity contribution in [3.63, 3.8) is 0 Å². The first kappa shape index (κ1) is 13.8. The molecule has 1 fully saturated rings. The molecule has 0 spiro atoms. The van der Waals surface area contributed by atoms with Crippen LogP contribution in [0, 0.1) is 5.92 Å². The second-order valence-corrected chi connectivity index (χ2v) is 4.40. The fraction of sp³-hybridized carbons (Fsp3) is 0.500. The van der Waals surface area contributed by atoms with E-state index in [4.69, 9.17) is 22.1 Å². The normalized spacial score (nSPS) is 18.9. The highest BCUT2D eigenvalue weighted by Crippen LogP contribution is 2.31. The monoisotopic (exact) mass is 261 g/mol. The lowest BCUT2D eigenvalue weighted by atomic mass is 9.88. The van der Waals surface area contributed by atoms with Crippen LogP contribution in [-0.2, 0) is 4.74 Å².